The largest absolute Gasteiger partial charge is 0.265 e. The molecule has 1 rings (SSSR count). The predicted octanol–water partition coefficient (Wildman–Crippen LogP) is 4.06. The molecule has 0 aromatic heterocycles. The van der Waals surface area contributed by atoms with E-state index in [1.165, 1.54) is 5.57 Å². The second-order valence-electron chi connectivity index (χ2n) is 4.00. The third-order valence-electron chi connectivity index (χ3n) is 2.62. The molecule has 0 saturated heterocycles. The molecule has 0 saturated carbocycles. The lowest BCUT2D eigenvalue weighted by Crippen LogP contribution is -2.09. The van der Waals surface area contributed by atoms with Crippen LogP contribution in [0.3, 0.4) is 0 Å². The maximum absolute atomic E-state index is 4.45. The van der Waals surface area contributed by atoms with Crippen molar-refractivity contribution in [3.63, 3.8) is 0 Å². The first-order chi connectivity index (χ1) is 7.13. The third-order valence-corrected chi connectivity index (χ3v) is 2.62. The van der Waals surface area contributed by atoms with Crippen LogP contribution in [0.25, 0.3) is 0 Å². The molecule has 1 atom stereocenters. The van der Waals surface area contributed by atoms with Gasteiger partial charge in [0.15, 0.2) is 0 Å². The maximum atomic E-state index is 4.45. The fraction of sp³-hybridized carbons (Fsp3) is 0.357. The molecular weight excluding hydrogens is 182 g/mol. The molecule has 1 unspecified atom stereocenters. The summed E-state index contributed by atoms with van der Waals surface area (Å²) < 4.78 is 0. The van der Waals surface area contributed by atoms with Crippen molar-refractivity contribution in [3.05, 3.63) is 48.2 Å². The van der Waals surface area contributed by atoms with Crippen molar-refractivity contribution in [2.24, 2.45) is 10.9 Å². The fourth-order valence-electron chi connectivity index (χ4n) is 1.39. The van der Waals surface area contributed by atoms with Crippen molar-refractivity contribution < 1.29 is 0 Å². The zero-order valence-electron chi connectivity index (χ0n) is 9.83. The third kappa shape index (κ3) is 3.70. The van der Waals surface area contributed by atoms with Gasteiger partial charge in [-0.15, -0.1) is 0 Å². The highest BCUT2D eigenvalue weighted by molar-refractivity contribution is 5.87. The second-order valence-corrected chi connectivity index (χ2v) is 4.00. The average Bonchev–Trinajstić information content (AvgIpc) is 2.26. The minimum atomic E-state index is 0.461. The van der Waals surface area contributed by atoms with Gasteiger partial charge in [-0.05, 0) is 32.8 Å². The summed E-state index contributed by atoms with van der Waals surface area (Å²) in [6, 6.07) is 0. The topological polar surface area (TPSA) is 12.4 Å². The quantitative estimate of drug-likeness (QED) is 0.482. The number of rotatable bonds is 3. The zero-order valence-corrected chi connectivity index (χ0v) is 9.83. The molecule has 0 heterocycles. The molecule has 0 spiro atoms. The molecule has 1 aliphatic rings. The Labute approximate surface area is 92.6 Å². The first-order valence-electron chi connectivity index (χ1n) is 5.32. The number of aliphatic imine (C=N–C) groups is 1. The highest BCUT2D eigenvalue weighted by Crippen LogP contribution is 2.17. The van der Waals surface area contributed by atoms with E-state index in [9.17, 15) is 0 Å². The average molecular weight is 201 g/mol. The summed E-state index contributed by atoms with van der Waals surface area (Å²) in [4.78, 5) is 4.45. The van der Waals surface area contributed by atoms with E-state index in [-0.39, 0.29) is 0 Å². The number of nitrogens with zero attached hydrogens (tertiary/aromatic N) is 1. The van der Waals surface area contributed by atoms with Crippen molar-refractivity contribution in [1.29, 1.82) is 0 Å². The number of hydrogen-bond donors (Lipinski definition) is 0. The lowest BCUT2D eigenvalue weighted by molar-refractivity contribution is 0.853. The van der Waals surface area contributed by atoms with E-state index >= 15 is 0 Å². The molecule has 0 fully saturated rings. The molecule has 1 nitrogen and oxygen atoms in total. The van der Waals surface area contributed by atoms with Crippen LogP contribution < -0.4 is 0 Å². The van der Waals surface area contributed by atoms with Crippen molar-refractivity contribution in [2.75, 3.05) is 0 Å². The SMILES string of the molecule is C=C/C(C)=C\N=C(C)C1C=CC(C)=CC1. The number of hydrogen-bond acceptors (Lipinski definition) is 1. The van der Waals surface area contributed by atoms with Crippen molar-refractivity contribution >= 4 is 5.71 Å². The Hall–Kier alpha value is -1.37. The van der Waals surface area contributed by atoms with Gasteiger partial charge in [0.2, 0.25) is 0 Å². The molecule has 80 valence electrons. The highest BCUT2D eigenvalue weighted by atomic mass is 14.7. The summed E-state index contributed by atoms with van der Waals surface area (Å²) in [6.07, 6.45) is 11.4. The molecule has 1 heteroatoms. The van der Waals surface area contributed by atoms with Crippen molar-refractivity contribution in [2.45, 2.75) is 27.2 Å². The summed E-state index contributed by atoms with van der Waals surface area (Å²) in [7, 11) is 0. The Balaban J connectivity index is 2.66. The molecule has 0 aromatic rings. The van der Waals surface area contributed by atoms with E-state index in [4.69, 9.17) is 0 Å². The molecule has 0 aliphatic heterocycles. The summed E-state index contributed by atoms with van der Waals surface area (Å²) in [5, 5.41) is 0. The van der Waals surface area contributed by atoms with E-state index in [0.717, 1.165) is 17.7 Å². The minimum Gasteiger partial charge on any atom is -0.265 e. The predicted molar refractivity (Wildman–Crippen MR) is 68.1 cm³/mol. The summed E-state index contributed by atoms with van der Waals surface area (Å²) >= 11 is 0. The Kier molecular flexibility index (Phi) is 4.29. The molecule has 0 amide bonds. The first-order valence-corrected chi connectivity index (χ1v) is 5.32. The van der Waals surface area contributed by atoms with E-state index in [1.807, 2.05) is 19.2 Å². The van der Waals surface area contributed by atoms with Crippen LogP contribution in [0.4, 0.5) is 0 Å². The Morgan fingerprint density at radius 2 is 2.27 bits per heavy atom. The summed E-state index contributed by atoms with van der Waals surface area (Å²) in [6.45, 7) is 9.91. The van der Waals surface area contributed by atoms with Crippen LogP contribution >= 0.6 is 0 Å². The highest BCUT2D eigenvalue weighted by Gasteiger charge is 2.09. The summed E-state index contributed by atoms with van der Waals surface area (Å²) in [5.41, 5.74) is 3.61. The van der Waals surface area contributed by atoms with Crippen LogP contribution in [0.5, 0.6) is 0 Å². The van der Waals surface area contributed by atoms with E-state index < -0.39 is 0 Å². The minimum absolute atomic E-state index is 0.461. The second kappa shape index (κ2) is 5.50. The van der Waals surface area contributed by atoms with Gasteiger partial charge >= 0.3 is 0 Å². The Bertz CT molecular complexity index is 354. The number of allylic oxidation sites excluding steroid dienone is 6. The van der Waals surface area contributed by atoms with Gasteiger partial charge in [0.25, 0.3) is 0 Å². The van der Waals surface area contributed by atoms with Crippen LogP contribution in [0, 0.1) is 5.92 Å². The molecule has 0 aromatic carbocycles. The monoisotopic (exact) mass is 201 g/mol. The lowest BCUT2D eigenvalue weighted by atomic mass is 9.94. The van der Waals surface area contributed by atoms with Crippen LogP contribution in [-0.4, -0.2) is 5.71 Å². The molecular formula is C14H19N. The van der Waals surface area contributed by atoms with Gasteiger partial charge in [-0.3, -0.25) is 4.99 Å². The van der Waals surface area contributed by atoms with Crippen molar-refractivity contribution in [1.82, 2.24) is 0 Å². The van der Waals surface area contributed by atoms with E-state index in [1.54, 1.807) is 0 Å². The van der Waals surface area contributed by atoms with Crippen LogP contribution in [0.15, 0.2) is 53.2 Å². The molecule has 15 heavy (non-hydrogen) atoms. The smallest absolute Gasteiger partial charge is 0.0296 e. The molecule has 0 radical (unpaired) electrons. The fourth-order valence-corrected chi connectivity index (χ4v) is 1.39. The normalized spacial score (nSPS) is 22.6. The van der Waals surface area contributed by atoms with Crippen LogP contribution in [-0.2, 0) is 0 Å². The summed E-state index contributed by atoms with van der Waals surface area (Å²) in [5.74, 6) is 0.461. The molecule has 1 aliphatic carbocycles. The molecule has 0 N–H and O–H groups in total. The van der Waals surface area contributed by atoms with Gasteiger partial charge in [-0.25, -0.2) is 0 Å². The van der Waals surface area contributed by atoms with Gasteiger partial charge in [-0.1, -0.05) is 36.5 Å². The first kappa shape index (κ1) is 11.7. The molecule has 0 bridgehead atoms. The van der Waals surface area contributed by atoms with Gasteiger partial charge in [0.05, 0.1) is 0 Å². The standard InChI is InChI=1S/C14H19N/c1-5-11(2)10-15-13(4)14-8-6-12(3)7-9-14/h5-8,10,14H,1,9H2,2-4H3/b11-10-,15-13?. The van der Waals surface area contributed by atoms with Gasteiger partial charge in [0.1, 0.15) is 0 Å². The zero-order chi connectivity index (χ0) is 11.3. The maximum Gasteiger partial charge on any atom is 0.0296 e. The van der Waals surface area contributed by atoms with Crippen LogP contribution in [0.2, 0.25) is 0 Å². The lowest BCUT2D eigenvalue weighted by Gasteiger charge is -2.13. The van der Waals surface area contributed by atoms with E-state index in [0.29, 0.717) is 5.92 Å². The Morgan fingerprint density at radius 3 is 2.80 bits per heavy atom. The van der Waals surface area contributed by atoms with Gasteiger partial charge < -0.3 is 0 Å². The van der Waals surface area contributed by atoms with Crippen molar-refractivity contribution in [3.8, 4) is 0 Å². The van der Waals surface area contributed by atoms with Gasteiger partial charge in [0, 0.05) is 17.8 Å². The van der Waals surface area contributed by atoms with E-state index in [2.05, 4.69) is 43.6 Å². The van der Waals surface area contributed by atoms with Crippen LogP contribution in [0.1, 0.15) is 27.2 Å². The Morgan fingerprint density at radius 1 is 1.53 bits per heavy atom. The van der Waals surface area contributed by atoms with Gasteiger partial charge in [-0.2, -0.15) is 0 Å².